The van der Waals surface area contributed by atoms with Crippen molar-refractivity contribution < 1.29 is 0 Å². The van der Waals surface area contributed by atoms with E-state index in [0.29, 0.717) is 11.2 Å². The van der Waals surface area contributed by atoms with E-state index < -0.39 is 0 Å². The Bertz CT molecular complexity index is 108. The van der Waals surface area contributed by atoms with Gasteiger partial charge in [0.15, 0.2) is 0 Å². The number of hydrogen-bond acceptors (Lipinski definition) is 2. The average molecular weight is 175 g/mol. The summed E-state index contributed by atoms with van der Waals surface area (Å²) in [6, 6.07) is 0. The summed E-state index contributed by atoms with van der Waals surface area (Å²) in [5.74, 6) is 0.675. The number of rotatable bonds is 4. The molecule has 0 saturated heterocycles. The molecular formula is C9H21NS. The molecule has 0 aromatic rings. The molecule has 0 aromatic carbocycles. The lowest BCUT2D eigenvalue weighted by atomic mass is 9.92. The van der Waals surface area contributed by atoms with Gasteiger partial charge in [-0.1, -0.05) is 39.6 Å². The van der Waals surface area contributed by atoms with Crippen LogP contribution in [0.2, 0.25) is 0 Å². The lowest BCUT2D eigenvalue weighted by Gasteiger charge is -2.30. The van der Waals surface area contributed by atoms with Crippen LogP contribution >= 0.6 is 11.9 Å². The molecule has 0 bridgehead atoms. The second-order valence-corrected chi connectivity index (χ2v) is 5.53. The SMILES string of the molecule is CC(C)SNC(C)(C)C(C)C. The zero-order valence-electron chi connectivity index (χ0n) is 8.56. The van der Waals surface area contributed by atoms with Crippen LogP contribution in [0.5, 0.6) is 0 Å². The maximum Gasteiger partial charge on any atom is 0.0249 e. The topological polar surface area (TPSA) is 12.0 Å². The first-order valence-electron chi connectivity index (χ1n) is 4.29. The molecule has 0 spiro atoms. The van der Waals surface area contributed by atoms with Gasteiger partial charge in [-0.05, 0) is 19.8 Å². The highest BCUT2D eigenvalue weighted by molar-refractivity contribution is 7.98. The molecule has 1 nitrogen and oxygen atoms in total. The van der Waals surface area contributed by atoms with E-state index in [1.165, 1.54) is 0 Å². The van der Waals surface area contributed by atoms with Crippen LogP contribution in [0, 0.1) is 5.92 Å². The zero-order chi connectivity index (χ0) is 9.07. The van der Waals surface area contributed by atoms with Crippen molar-refractivity contribution >= 4 is 11.9 Å². The normalized spacial score (nSPS) is 13.1. The van der Waals surface area contributed by atoms with Crippen molar-refractivity contribution in [3.63, 3.8) is 0 Å². The fourth-order valence-corrected chi connectivity index (χ4v) is 1.16. The second-order valence-electron chi connectivity index (χ2n) is 4.15. The van der Waals surface area contributed by atoms with Crippen molar-refractivity contribution in [1.82, 2.24) is 4.72 Å². The van der Waals surface area contributed by atoms with Gasteiger partial charge in [0.25, 0.3) is 0 Å². The van der Waals surface area contributed by atoms with Crippen molar-refractivity contribution in [1.29, 1.82) is 0 Å². The van der Waals surface area contributed by atoms with Gasteiger partial charge >= 0.3 is 0 Å². The molecule has 0 unspecified atom stereocenters. The number of hydrogen-bond donors (Lipinski definition) is 1. The van der Waals surface area contributed by atoms with E-state index in [9.17, 15) is 0 Å². The molecule has 0 heterocycles. The van der Waals surface area contributed by atoms with Gasteiger partial charge in [-0.15, -0.1) is 0 Å². The van der Waals surface area contributed by atoms with Crippen LogP contribution in [0.4, 0.5) is 0 Å². The largest absolute Gasteiger partial charge is 0.258 e. The standard InChI is InChI=1S/C9H21NS/c1-7(2)9(5,6)10-11-8(3)4/h7-8,10H,1-6H3. The third-order valence-electron chi connectivity index (χ3n) is 2.00. The Labute approximate surface area is 75.5 Å². The minimum Gasteiger partial charge on any atom is -0.258 e. The Balaban J connectivity index is 3.73. The highest BCUT2D eigenvalue weighted by Gasteiger charge is 2.21. The fraction of sp³-hybridized carbons (Fsp3) is 1.00. The molecule has 0 aliphatic carbocycles. The summed E-state index contributed by atoms with van der Waals surface area (Å²) in [5, 5.41) is 0.660. The van der Waals surface area contributed by atoms with E-state index in [2.05, 4.69) is 46.3 Å². The van der Waals surface area contributed by atoms with Crippen LogP contribution in [0.25, 0.3) is 0 Å². The van der Waals surface area contributed by atoms with Gasteiger partial charge in [0.2, 0.25) is 0 Å². The highest BCUT2D eigenvalue weighted by Crippen LogP contribution is 2.19. The van der Waals surface area contributed by atoms with E-state index >= 15 is 0 Å². The van der Waals surface area contributed by atoms with Gasteiger partial charge in [-0.25, -0.2) is 0 Å². The van der Waals surface area contributed by atoms with E-state index in [4.69, 9.17) is 0 Å². The van der Waals surface area contributed by atoms with Gasteiger partial charge in [0.1, 0.15) is 0 Å². The zero-order valence-corrected chi connectivity index (χ0v) is 9.38. The van der Waals surface area contributed by atoms with E-state index in [1.807, 2.05) is 11.9 Å². The summed E-state index contributed by atoms with van der Waals surface area (Å²) < 4.78 is 3.47. The lowest BCUT2D eigenvalue weighted by Crippen LogP contribution is -2.40. The molecule has 2 heteroatoms. The van der Waals surface area contributed by atoms with Gasteiger partial charge in [0.05, 0.1) is 0 Å². The van der Waals surface area contributed by atoms with Crippen molar-refractivity contribution in [2.45, 2.75) is 52.3 Å². The molecule has 1 N–H and O–H groups in total. The average Bonchev–Trinajstić information content (AvgIpc) is 1.84. The summed E-state index contributed by atoms with van der Waals surface area (Å²) >= 11 is 1.82. The van der Waals surface area contributed by atoms with Crippen LogP contribution in [-0.2, 0) is 0 Å². The van der Waals surface area contributed by atoms with Crippen molar-refractivity contribution in [3.8, 4) is 0 Å². The number of nitrogens with one attached hydrogen (secondary N) is 1. The van der Waals surface area contributed by atoms with Gasteiger partial charge in [-0.3, -0.25) is 4.72 Å². The van der Waals surface area contributed by atoms with E-state index in [1.54, 1.807) is 0 Å². The molecule has 0 atom stereocenters. The minimum atomic E-state index is 0.245. The minimum absolute atomic E-state index is 0.245. The molecule has 0 amide bonds. The Morgan fingerprint density at radius 3 is 1.82 bits per heavy atom. The van der Waals surface area contributed by atoms with Crippen molar-refractivity contribution in [3.05, 3.63) is 0 Å². The summed E-state index contributed by atoms with van der Waals surface area (Å²) in [6.07, 6.45) is 0. The smallest absolute Gasteiger partial charge is 0.0249 e. The first-order valence-corrected chi connectivity index (χ1v) is 5.17. The molecule has 68 valence electrons. The Morgan fingerprint density at radius 2 is 1.55 bits per heavy atom. The highest BCUT2D eigenvalue weighted by atomic mass is 32.2. The van der Waals surface area contributed by atoms with Gasteiger partial charge in [-0.2, -0.15) is 0 Å². The predicted octanol–water partition coefficient (Wildman–Crippen LogP) is 3.07. The molecular weight excluding hydrogens is 154 g/mol. The van der Waals surface area contributed by atoms with Crippen molar-refractivity contribution in [2.24, 2.45) is 5.92 Å². The molecule has 0 radical (unpaired) electrons. The molecule has 11 heavy (non-hydrogen) atoms. The van der Waals surface area contributed by atoms with Gasteiger partial charge < -0.3 is 0 Å². The maximum atomic E-state index is 3.47. The molecule has 0 rings (SSSR count). The van der Waals surface area contributed by atoms with Crippen LogP contribution in [0.1, 0.15) is 41.5 Å². The fourth-order valence-electron chi connectivity index (χ4n) is 0.388. The molecule has 0 aromatic heterocycles. The first-order chi connectivity index (χ1) is 4.86. The summed E-state index contributed by atoms with van der Waals surface area (Å²) in [7, 11) is 0. The predicted molar refractivity (Wildman–Crippen MR) is 54.8 cm³/mol. The third-order valence-corrected chi connectivity index (χ3v) is 3.12. The second kappa shape index (κ2) is 4.36. The van der Waals surface area contributed by atoms with E-state index in [0.717, 1.165) is 0 Å². The van der Waals surface area contributed by atoms with Crippen LogP contribution in [0.3, 0.4) is 0 Å². The summed E-state index contributed by atoms with van der Waals surface area (Å²) in [5.41, 5.74) is 0.245. The van der Waals surface area contributed by atoms with Gasteiger partial charge in [0, 0.05) is 10.8 Å². The first kappa shape index (κ1) is 11.3. The Kier molecular flexibility index (Phi) is 4.49. The Hall–Kier alpha value is 0.310. The van der Waals surface area contributed by atoms with E-state index in [-0.39, 0.29) is 5.54 Å². The molecule has 0 saturated carbocycles. The molecule has 0 aliphatic rings. The monoisotopic (exact) mass is 175 g/mol. The Morgan fingerprint density at radius 1 is 1.09 bits per heavy atom. The summed E-state index contributed by atoms with van der Waals surface area (Å²) in [4.78, 5) is 0. The van der Waals surface area contributed by atoms with Crippen LogP contribution in [0.15, 0.2) is 0 Å². The third kappa shape index (κ3) is 4.70. The molecule has 0 aliphatic heterocycles. The van der Waals surface area contributed by atoms with Crippen molar-refractivity contribution in [2.75, 3.05) is 0 Å². The maximum absolute atomic E-state index is 3.47. The quantitative estimate of drug-likeness (QED) is 0.659. The van der Waals surface area contributed by atoms with Crippen LogP contribution in [-0.4, -0.2) is 10.8 Å². The van der Waals surface area contributed by atoms with Crippen LogP contribution < -0.4 is 4.72 Å². The molecule has 0 fully saturated rings. The lowest BCUT2D eigenvalue weighted by molar-refractivity contribution is 0.347. The summed E-state index contributed by atoms with van der Waals surface area (Å²) in [6.45, 7) is 13.4.